The second-order valence-corrected chi connectivity index (χ2v) is 6.64. The third-order valence-corrected chi connectivity index (χ3v) is 4.79. The summed E-state index contributed by atoms with van der Waals surface area (Å²) >= 11 is 6.16. The predicted octanol–water partition coefficient (Wildman–Crippen LogP) is 2.74. The summed E-state index contributed by atoms with van der Waals surface area (Å²) < 4.78 is 10.5. The highest BCUT2D eigenvalue weighted by molar-refractivity contribution is 6.33. The van der Waals surface area contributed by atoms with E-state index in [1.165, 1.54) is 0 Å². The zero-order chi connectivity index (χ0) is 20.1. The van der Waals surface area contributed by atoms with E-state index in [9.17, 15) is 9.59 Å². The fourth-order valence-electron chi connectivity index (χ4n) is 3.00. The molecule has 7 nitrogen and oxygen atoms in total. The average Bonchev–Trinajstić information content (AvgIpc) is 2.74. The minimum absolute atomic E-state index is 0.0829. The summed E-state index contributed by atoms with van der Waals surface area (Å²) in [6, 6.07) is 10.3. The largest absolute Gasteiger partial charge is 0.497 e. The van der Waals surface area contributed by atoms with Gasteiger partial charge in [0.15, 0.2) is 5.69 Å². The van der Waals surface area contributed by atoms with Crippen LogP contribution in [0, 0.1) is 0 Å². The summed E-state index contributed by atoms with van der Waals surface area (Å²) in [4.78, 5) is 33.1. The Bertz CT molecular complexity index is 866. The van der Waals surface area contributed by atoms with Crippen LogP contribution in [0.5, 0.6) is 11.6 Å². The number of carbonyl (C=O) groups is 2. The van der Waals surface area contributed by atoms with E-state index in [0.717, 1.165) is 0 Å². The highest BCUT2D eigenvalue weighted by Crippen LogP contribution is 2.21. The van der Waals surface area contributed by atoms with Crippen LogP contribution in [0.1, 0.15) is 27.8 Å². The van der Waals surface area contributed by atoms with Crippen molar-refractivity contribution in [2.75, 3.05) is 39.9 Å². The molecule has 1 saturated heterocycles. The number of carbonyl (C=O) groups excluding carboxylic acids is 2. The Morgan fingerprint density at radius 1 is 1.07 bits per heavy atom. The summed E-state index contributed by atoms with van der Waals surface area (Å²) in [6.07, 6.45) is 0. The van der Waals surface area contributed by atoms with E-state index in [4.69, 9.17) is 21.1 Å². The molecule has 1 aromatic carbocycles. The van der Waals surface area contributed by atoms with Crippen molar-refractivity contribution in [2.45, 2.75) is 6.92 Å². The van der Waals surface area contributed by atoms with Gasteiger partial charge in [0, 0.05) is 37.8 Å². The molecule has 0 aliphatic carbocycles. The minimum Gasteiger partial charge on any atom is -0.497 e. The van der Waals surface area contributed by atoms with Crippen LogP contribution in [0.15, 0.2) is 36.4 Å². The molecule has 8 heteroatoms. The Hall–Kier alpha value is -2.80. The van der Waals surface area contributed by atoms with E-state index < -0.39 is 0 Å². The molecule has 1 fully saturated rings. The molecule has 2 aromatic rings. The predicted molar refractivity (Wildman–Crippen MR) is 105 cm³/mol. The standard InChI is InChI=1S/C20H22ClN3O4/c1-3-28-17-8-7-16(21)18(22-17)20(26)24-11-9-23(10-12-24)19(25)14-5-4-6-15(13-14)27-2/h4-8,13H,3,9-12H2,1-2H3. The van der Waals surface area contributed by atoms with Gasteiger partial charge < -0.3 is 19.3 Å². The maximum atomic E-state index is 12.8. The third kappa shape index (κ3) is 4.36. The molecule has 0 saturated carbocycles. The number of halogens is 1. The minimum atomic E-state index is -0.264. The normalized spacial score (nSPS) is 14.0. The van der Waals surface area contributed by atoms with Crippen molar-refractivity contribution in [3.63, 3.8) is 0 Å². The first kappa shape index (κ1) is 19.9. The van der Waals surface area contributed by atoms with Crippen molar-refractivity contribution < 1.29 is 19.1 Å². The third-order valence-electron chi connectivity index (χ3n) is 4.49. The maximum Gasteiger partial charge on any atom is 0.274 e. The number of aromatic nitrogens is 1. The van der Waals surface area contributed by atoms with Crippen LogP contribution in [-0.2, 0) is 0 Å². The van der Waals surface area contributed by atoms with E-state index in [-0.39, 0.29) is 22.5 Å². The van der Waals surface area contributed by atoms with Crippen LogP contribution < -0.4 is 9.47 Å². The van der Waals surface area contributed by atoms with Crippen molar-refractivity contribution in [2.24, 2.45) is 0 Å². The number of ether oxygens (including phenoxy) is 2. The Kier molecular flexibility index (Phi) is 6.36. The van der Waals surface area contributed by atoms with Crippen LogP contribution in [0.2, 0.25) is 5.02 Å². The lowest BCUT2D eigenvalue weighted by molar-refractivity contribution is 0.0531. The molecule has 0 spiro atoms. The van der Waals surface area contributed by atoms with Gasteiger partial charge in [-0.15, -0.1) is 0 Å². The lowest BCUT2D eigenvalue weighted by Gasteiger charge is -2.34. The van der Waals surface area contributed by atoms with Crippen LogP contribution in [-0.4, -0.2) is 66.5 Å². The topological polar surface area (TPSA) is 72.0 Å². The number of benzene rings is 1. The van der Waals surface area contributed by atoms with Crippen molar-refractivity contribution in [3.8, 4) is 11.6 Å². The van der Waals surface area contributed by atoms with Gasteiger partial charge >= 0.3 is 0 Å². The van der Waals surface area contributed by atoms with Gasteiger partial charge in [0.05, 0.1) is 18.7 Å². The van der Waals surface area contributed by atoms with Gasteiger partial charge in [-0.1, -0.05) is 17.7 Å². The average molecular weight is 404 g/mol. The van der Waals surface area contributed by atoms with Crippen LogP contribution >= 0.6 is 11.6 Å². The smallest absolute Gasteiger partial charge is 0.274 e. The number of rotatable bonds is 5. The first-order valence-electron chi connectivity index (χ1n) is 9.05. The molecule has 2 amide bonds. The van der Waals surface area contributed by atoms with Gasteiger partial charge in [0.25, 0.3) is 11.8 Å². The van der Waals surface area contributed by atoms with Crippen molar-refractivity contribution in [1.82, 2.24) is 14.8 Å². The lowest BCUT2D eigenvalue weighted by atomic mass is 10.1. The molecule has 28 heavy (non-hydrogen) atoms. The maximum absolute atomic E-state index is 12.8. The molecule has 1 aliphatic heterocycles. The zero-order valence-electron chi connectivity index (χ0n) is 15.9. The number of amides is 2. The van der Waals surface area contributed by atoms with Crippen molar-refractivity contribution >= 4 is 23.4 Å². The molecular formula is C20H22ClN3O4. The van der Waals surface area contributed by atoms with Crippen LogP contribution in [0.25, 0.3) is 0 Å². The Balaban J connectivity index is 1.65. The molecule has 0 radical (unpaired) electrons. The molecule has 1 aliphatic rings. The van der Waals surface area contributed by atoms with E-state index >= 15 is 0 Å². The van der Waals surface area contributed by atoms with Gasteiger partial charge in [0.2, 0.25) is 5.88 Å². The molecule has 2 heterocycles. The van der Waals surface area contributed by atoms with Crippen molar-refractivity contribution in [1.29, 1.82) is 0 Å². The Labute approximate surface area is 168 Å². The summed E-state index contributed by atoms with van der Waals surface area (Å²) in [7, 11) is 1.56. The van der Waals surface area contributed by atoms with E-state index in [2.05, 4.69) is 4.98 Å². The number of methoxy groups -OCH3 is 1. The first-order chi connectivity index (χ1) is 13.5. The number of pyridine rings is 1. The van der Waals surface area contributed by atoms with Crippen LogP contribution in [0.3, 0.4) is 0 Å². The molecule has 0 bridgehead atoms. The summed E-state index contributed by atoms with van der Waals surface area (Å²) in [5.41, 5.74) is 0.730. The van der Waals surface area contributed by atoms with Crippen LogP contribution in [0.4, 0.5) is 0 Å². The molecule has 3 rings (SSSR count). The van der Waals surface area contributed by atoms with Gasteiger partial charge in [0.1, 0.15) is 5.75 Å². The van der Waals surface area contributed by atoms with E-state index in [0.29, 0.717) is 50.0 Å². The van der Waals surface area contributed by atoms with Gasteiger partial charge in [-0.2, -0.15) is 0 Å². The number of nitrogens with zero attached hydrogens (tertiary/aromatic N) is 3. The van der Waals surface area contributed by atoms with Crippen molar-refractivity contribution in [3.05, 3.63) is 52.7 Å². The second-order valence-electron chi connectivity index (χ2n) is 6.23. The number of hydrogen-bond acceptors (Lipinski definition) is 5. The SMILES string of the molecule is CCOc1ccc(Cl)c(C(=O)N2CCN(C(=O)c3cccc(OC)c3)CC2)n1. The number of piperazine rings is 1. The summed E-state index contributed by atoms with van der Waals surface area (Å²) in [5.74, 6) is 0.650. The lowest BCUT2D eigenvalue weighted by Crippen LogP contribution is -2.50. The highest BCUT2D eigenvalue weighted by atomic mass is 35.5. The van der Waals surface area contributed by atoms with Gasteiger partial charge in [-0.25, -0.2) is 4.98 Å². The summed E-state index contributed by atoms with van der Waals surface area (Å²) in [5, 5.41) is 0.281. The second kappa shape index (κ2) is 8.93. The summed E-state index contributed by atoms with van der Waals surface area (Å²) in [6.45, 7) is 3.98. The van der Waals surface area contributed by atoms with E-state index in [1.54, 1.807) is 53.3 Å². The Morgan fingerprint density at radius 2 is 1.75 bits per heavy atom. The molecule has 148 valence electrons. The monoisotopic (exact) mass is 403 g/mol. The molecule has 0 atom stereocenters. The van der Waals surface area contributed by atoms with Gasteiger partial charge in [-0.3, -0.25) is 9.59 Å². The molecule has 0 N–H and O–H groups in total. The molecule has 1 aromatic heterocycles. The first-order valence-corrected chi connectivity index (χ1v) is 9.43. The number of hydrogen-bond donors (Lipinski definition) is 0. The zero-order valence-corrected chi connectivity index (χ0v) is 16.6. The Morgan fingerprint density at radius 3 is 2.39 bits per heavy atom. The highest BCUT2D eigenvalue weighted by Gasteiger charge is 2.27. The molecule has 0 unspecified atom stereocenters. The van der Waals surface area contributed by atoms with Gasteiger partial charge in [-0.05, 0) is 31.2 Å². The van der Waals surface area contributed by atoms with E-state index in [1.807, 2.05) is 6.92 Å². The fraction of sp³-hybridized carbons (Fsp3) is 0.350. The quantitative estimate of drug-likeness (QED) is 0.767. The molecular weight excluding hydrogens is 382 g/mol. The fourth-order valence-corrected chi connectivity index (χ4v) is 3.19.